The topological polar surface area (TPSA) is 52.0 Å². The van der Waals surface area contributed by atoms with Gasteiger partial charge in [0, 0.05) is 19.3 Å². The van der Waals surface area contributed by atoms with Gasteiger partial charge >= 0.3 is 0 Å². The number of anilines is 1. The lowest BCUT2D eigenvalue weighted by Gasteiger charge is -2.15. The summed E-state index contributed by atoms with van der Waals surface area (Å²) >= 11 is 0. The van der Waals surface area contributed by atoms with Crippen molar-refractivity contribution in [3.05, 3.63) is 24.0 Å². The summed E-state index contributed by atoms with van der Waals surface area (Å²) in [6.07, 6.45) is 4.27. The zero-order chi connectivity index (χ0) is 11.2. The Labute approximate surface area is 95.9 Å². The molecule has 2 rings (SSSR count). The van der Waals surface area contributed by atoms with Gasteiger partial charge in [0.15, 0.2) is 5.69 Å². The first-order valence-corrected chi connectivity index (χ1v) is 5.71. The molecule has 1 aliphatic heterocycles. The van der Waals surface area contributed by atoms with E-state index in [-0.39, 0.29) is 0 Å². The van der Waals surface area contributed by atoms with Gasteiger partial charge in [-0.25, -0.2) is 4.98 Å². The van der Waals surface area contributed by atoms with E-state index < -0.39 is 0 Å². The molecular formula is C12H16N4. The van der Waals surface area contributed by atoms with Gasteiger partial charge in [0.05, 0.1) is 5.69 Å². The van der Waals surface area contributed by atoms with Gasteiger partial charge in [-0.3, -0.25) is 0 Å². The summed E-state index contributed by atoms with van der Waals surface area (Å²) < 4.78 is 0. The van der Waals surface area contributed by atoms with Gasteiger partial charge in [-0.2, -0.15) is 5.26 Å². The number of nitrogens with one attached hydrogen (secondary N) is 1. The third-order valence-electron chi connectivity index (χ3n) is 2.86. The molecule has 0 amide bonds. The van der Waals surface area contributed by atoms with Crippen molar-refractivity contribution in [3.63, 3.8) is 0 Å². The SMILES string of the molecule is N#Cc1ncccc1NCCN1CCCC1. The molecule has 0 unspecified atom stereocenters. The van der Waals surface area contributed by atoms with Crippen molar-refractivity contribution in [3.8, 4) is 6.07 Å². The molecule has 0 atom stereocenters. The van der Waals surface area contributed by atoms with Gasteiger partial charge < -0.3 is 10.2 Å². The Balaban J connectivity index is 1.82. The second kappa shape index (κ2) is 5.47. The van der Waals surface area contributed by atoms with Crippen LogP contribution >= 0.6 is 0 Å². The lowest BCUT2D eigenvalue weighted by Crippen LogP contribution is -2.26. The van der Waals surface area contributed by atoms with Crippen molar-refractivity contribution in [2.24, 2.45) is 0 Å². The van der Waals surface area contributed by atoms with Crippen molar-refractivity contribution in [1.82, 2.24) is 9.88 Å². The average molecular weight is 216 g/mol. The van der Waals surface area contributed by atoms with E-state index in [4.69, 9.17) is 5.26 Å². The first kappa shape index (κ1) is 10.9. The van der Waals surface area contributed by atoms with Crippen LogP contribution in [0, 0.1) is 11.3 Å². The Morgan fingerprint density at radius 1 is 1.44 bits per heavy atom. The van der Waals surface area contributed by atoms with Crippen molar-refractivity contribution in [1.29, 1.82) is 5.26 Å². The molecule has 0 saturated carbocycles. The number of nitrogens with zero attached hydrogens (tertiary/aromatic N) is 3. The van der Waals surface area contributed by atoms with E-state index in [2.05, 4.69) is 21.3 Å². The van der Waals surface area contributed by atoms with Crippen LogP contribution in [-0.2, 0) is 0 Å². The van der Waals surface area contributed by atoms with Crippen LogP contribution in [0.2, 0.25) is 0 Å². The summed E-state index contributed by atoms with van der Waals surface area (Å²) in [5, 5.41) is 12.1. The van der Waals surface area contributed by atoms with Gasteiger partial charge in [0.1, 0.15) is 6.07 Å². The maximum absolute atomic E-state index is 8.87. The molecule has 0 aliphatic carbocycles. The molecule has 84 valence electrons. The maximum Gasteiger partial charge on any atom is 0.163 e. The third kappa shape index (κ3) is 2.71. The minimum Gasteiger partial charge on any atom is -0.381 e. The number of likely N-dealkylation sites (tertiary alicyclic amines) is 1. The van der Waals surface area contributed by atoms with Gasteiger partial charge in [-0.05, 0) is 38.1 Å². The van der Waals surface area contributed by atoms with Crippen LogP contribution in [0.5, 0.6) is 0 Å². The van der Waals surface area contributed by atoms with Crippen LogP contribution < -0.4 is 5.32 Å². The van der Waals surface area contributed by atoms with E-state index in [9.17, 15) is 0 Å². The summed E-state index contributed by atoms with van der Waals surface area (Å²) in [5.74, 6) is 0. The van der Waals surface area contributed by atoms with Gasteiger partial charge in [-0.1, -0.05) is 0 Å². The third-order valence-corrected chi connectivity index (χ3v) is 2.86. The van der Waals surface area contributed by atoms with Gasteiger partial charge in [-0.15, -0.1) is 0 Å². The fourth-order valence-corrected chi connectivity index (χ4v) is 1.99. The summed E-state index contributed by atoms with van der Waals surface area (Å²) in [5.41, 5.74) is 1.31. The minimum atomic E-state index is 0.476. The molecule has 0 spiro atoms. The Morgan fingerprint density at radius 2 is 2.25 bits per heavy atom. The predicted molar refractivity (Wildman–Crippen MR) is 63.1 cm³/mol. The van der Waals surface area contributed by atoms with Crippen molar-refractivity contribution in [2.75, 3.05) is 31.5 Å². The molecule has 4 heteroatoms. The van der Waals surface area contributed by atoms with Crippen LogP contribution in [0.15, 0.2) is 18.3 Å². The Bertz CT molecular complexity index is 377. The number of nitriles is 1. The highest BCUT2D eigenvalue weighted by Gasteiger charge is 2.10. The number of pyridine rings is 1. The number of hydrogen-bond donors (Lipinski definition) is 1. The lowest BCUT2D eigenvalue weighted by atomic mass is 10.3. The fourth-order valence-electron chi connectivity index (χ4n) is 1.99. The lowest BCUT2D eigenvalue weighted by molar-refractivity contribution is 0.352. The predicted octanol–water partition coefficient (Wildman–Crippen LogP) is 1.46. The molecule has 1 aliphatic rings. The standard InChI is InChI=1S/C12H16N4/c13-10-12-11(4-3-5-14-12)15-6-9-16-7-1-2-8-16/h3-5,15H,1-2,6-9H2. The second-order valence-electron chi connectivity index (χ2n) is 3.99. The summed E-state index contributed by atoms with van der Waals surface area (Å²) in [6, 6.07) is 5.83. The Morgan fingerprint density at radius 3 is 3.00 bits per heavy atom. The quantitative estimate of drug-likeness (QED) is 0.828. The van der Waals surface area contributed by atoms with Crippen LogP contribution in [-0.4, -0.2) is 36.1 Å². The van der Waals surface area contributed by atoms with E-state index >= 15 is 0 Å². The highest BCUT2D eigenvalue weighted by atomic mass is 15.1. The van der Waals surface area contributed by atoms with Crippen molar-refractivity contribution < 1.29 is 0 Å². The molecule has 1 aromatic rings. The van der Waals surface area contributed by atoms with Crippen molar-refractivity contribution >= 4 is 5.69 Å². The number of hydrogen-bond acceptors (Lipinski definition) is 4. The van der Waals surface area contributed by atoms with Gasteiger partial charge in [0.25, 0.3) is 0 Å². The molecule has 4 nitrogen and oxygen atoms in total. The average Bonchev–Trinajstić information content (AvgIpc) is 2.83. The largest absolute Gasteiger partial charge is 0.381 e. The van der Waals surface area contributed by atoms with E-state index in [1.54, 1.807) is 6.20 Å². The van der Waals surface area contributed by atoms with Crippen LogP contribution in [0.25, 0.3) is 0 Å². The summed E-state index contributed by atoms with van der Waals surface area (Å²) in [7, 11) is 0. The van der Waals surface area contributed by atoms with E-state index in [1.807, 2.05) is 12.1 Å². The molecule has 1 aromatic heterocycles. The zero-order valence-corrected chi connectivity index (χ0v) is 9.32. The first-order chi connectivity index (χ1) is 7.90. The first-order valence-electron chi connectivity index (χ1n) is 5.71. The van der Waals surface area contributed by atoms with Crippen LogP contribution in [0.1, 0.15) is 18.5 Å². The summed E-state index contributed by atoms with van der Waals surface area (Å²) in [4.78, 5) is 6.45. The molecule has 0 radical (unpaired) electrons. The molecule has 0 aromatic carbocycles. The monoisotopic (exact) mass is 216 g/mol. The number of aromatic nitrogens is 1. The smallest absolute Gasteiger partial charge is 0.163 e. The highest BCUT2D eigenvalue weighted by Crippen LogP contribution is 2.11. The Hall–Kier alpha value is -1.60. The molecule has 1 fully saturated rings. The highest BCUT2D eigenvalue weighted by molar-refractivity contribution is 5.53. The molecular weight excluding hydrogens is 200 g/mol. The minimum absolute atomic E-state index is 0.476. The normalized spacial score (nSPS) is 15.9. The van der Waals surface area contributed by atoms with Gasteiger partial charge in [0.2, 0.25) is 0 Å². The van der Waals surface area contributed by atoms with E-state index in [0.717, 1.165) is 18.8 Å². The maximum atomic E-state index is 8.87. The molecule has 2 heterocycles. The molecule has 16 heavy (non-hydrogen) atoms. The fraction of sp³-hybridized carbons (Fsp3) is 0.500. The van der Waals surface area contributed by atoms with Crippen LogP contribution in [0.4, 0.5) is 5.69 Å². The number of rotatable bonds is 4. The second-order valence-corrected chi connectivity index (χ2v) is 3.99. The Kier molecular flexibility index (Phi) is 3.73. The molecule has 1 saturated heterocycles. The molecule has 1 N–H and O–H groups in total. The zero-order valence-electron chi connectivity index (χ0n) is 9.32. The van der Waals surface area contributed by atoms with E-state index in [0.29, 0.717) is 5.69 Å². The van der Waals surface area contributed by atoms with Crippen molar-refractivity contribution in [2.45, 2.75) is 12.8 Å². The summed E-state index contributed by atoms with van der Waals surface area (Å²) in [6.45, 7) is 4.33. The van der Waals surface area contributed by atoms with Crippen LogP contribution in [0.3, 0.4) is 0 Å². The molecule has 0 bridgehead atoms. The van der Waals surface area contributed by atoms with E-state index in [1.165, 1.54) is 25.9 Å².